The Labute approximate surface area is 220 Å². The third kappa shape index (κ3) is 6.46. The van der Waals surface area contributed by atoms with Crippen molar-refractivity contribution in [1.29, 1.82) is 0 Å². The van der Waals surface area contributed by atoms with Crippen LogP contribution in [0.5, 0.6) is 5.75 Å². The highest BCUT2D eigenvalue weighted by atomic mass is 16.3. The van der Waals surface area contributed by atoms with Crippen molar-refractivity contribution in [1.82, 2.24) is 14.9 Å². The van der Waals surface area contributed by atoms with Gasteiger partial charge in [-0.2, -0.15) is 0 Å². The number of hydrogen-bond donors (Lipinski definition) is 2. The lowest BCUT2D eigenvalue weighted by Gasteiger charge is -2.42. The number of aromatic nitrogens is 2. The van der Waals surface area contributed by atoms with Crippen molar-refractivity contribution in [3.05, 3.63) is 82.4 Å². The third-order valence-electron chi connectivity index (χ3n) is 7.75. The van der Waals surface area contributed by atoms with E-state index in [1.165, 1.54) is 11.1 Å². The Kier molecular flexibility index (Phi) is 8.44. The van der Waals surface area contributed by atoms with Crippen LogP contribution in [0.3, 0.4) is 0 Å². The molecule has 0 spiro atoms. The molecule has 0 saturated carbocycles. The maximum absolute atomic E-state index is 11.7. The normalized spacial score (nSPS) is 15.5. The predicted molar refractivity (Wildman–Crippen MR) is 148 cm³/mol. The zero-order valence-electron chi connectivity index (χ0n) is 22.4. The predicted octanol–water partition coefficient (Wildman–Crippen LogP) is 4.70. The molecule has 0 radical (unpaired) electrons. The summed E-state index contributed by atoms with van der Waals surface area (Å²) in [4.78, 5) is 25.7. The number of likely N-dealkylation sites (tertiary alicyclic amines) is 1. The molecule has 3 heterocycles. The molecule has 196 valence electrons. The van der Waals surface area contributed by atoms with Crippen molar-refractivity contribution in [2.75, 3.05) is 18.0 Å². The summed E-state index contributed by atoms with van der Waals surface area (Å²) in [7, 11) is 0. The number of nitrogens with zero attached hydrogens (tertiary/aromatic N) is 4. The number of anilines is 1. The van der Waals surface area contributed by atoms with Crippen LogP contribution in [0.1, 0.15) is 64.6 Å². The summed E-state index contributed by atoms with van der Waals surface area (Å²) in [5.74, 6) is -0.126. The van der Waals surface area contributed by atoms with E-state index in [0.29, 0.717) is 23.3 Å². The van der Waals surface area contributed by atoms with Crippen LogP contribution in [0.25, 0.3) is 0 Å². The second-order valence-corrected chi connectivity index (χ2v) is 10.4. The van der Waals surface area contributed by atoms with Gasteiger partial charge in [0, 0.05) is 55.5 Å². The zero-order chi connectivity index (χ0) is 26.5. The highest BCUT2D eigenvalue weighted by Crippen LogP contribution is 2.29. The fourth-order valence-electron chi connectivity index (χ4n) is 5.51. The maximum atomic E-state index is 11.7. The molecule has 0 aliphatic carbocycles. The number of rotatable bonds is 9. The minimum absolute atomic E-state index is 0.286. The quantitative estimate of drug-likeness (QED) is 0.441. The van der Waals surface area contributed by atoms with Crippen LogP contribution in [-0.2, 0) is 13.0 Å². The van der Waals surface area contributed by atoms with Gasteiger partial charge in [0.15, 0.2) is 0 Å². The van der Waals surface area contributed by atoms with E-state index in [2.05, 4.69) is 39.7 Å². The lowest BCUT2D eigenvalue weighted by atomic mass is 9.98. The Morgan fingerprint density at radius 3 is 2.46 bits per heavy atom. The highest BCUT2D eigenvalue weighted by molar-refractivity contribution is 5.95. The Morgan fingerprint density at radius 2 is 1.84 bits per heavy atom. The lowest BCUT2D eigenvalue weighted by Crippen LogP contribution is -2.47. The van der Waals surface area contributed by atoms with Gasteiger partial charge in [-0.1, -0.05) is 0 Å². The molecule has 3 aromatic rings. The Morgan fingerprint density at radius 1 is 1.14 bits per heavy atom. The van der Waals surface area contributed by atoms with E-state index in [-0.39, 0.29) is 5.75 Å². The molecule has 1 aliphatic rings. The van der Waals surface area contributed by atoms with Gasteiger partial charge in [-0.25, -0.2) is 0 Å². The molecule has 1 saturated heterocycles. The largest absolute Gasteiger partial charge is 0.508 e. The summed E-state index contributed by atoms with van der Waals surface area (Å²) in [6.45, 7) is 11.1. The number of aromatic hydroxyl groups is 1. The molecule has 3 N–H and O–H groups in total. The Bertz CT molecular complexity index is 1200. The van der Waals surface area contributed by atoms with Gasteiger partial charge in [0.05, 0.1) is 11.3 Å². The van der Waals surface area contributed by atoms with Gasteiger partial charge in [0.1, 0.15) is 5.75 Å². The van der Waals surface area contributed by atoms with Crippen molar-refractivity contribution in [3.63, 3.8) is 0 Å². The highest BCUT2D eigenvalue weighted by Gasteiger charge is 2.27. The minimum atomic E-state index is -0.412. The minimum Gasteiger partial charge on any atom is -0.508 e. The van der Waals surface area contributed by atoms with E-state index >= 15 is 0 Å². The molecule has 2 aromatic heterocycles. The van der Waals surface area contributed by atoms with Crippen LogP contribution in [0, 0.1) is 20.8 Å². The first kappa shape index (κ1) is 26.6. The fourth-order valence-corrected chi connectivity index (χ4v) is 5.51. The van der Waals surface area contributed by atoms with Crippen molar-refractivity contribution in [3.8, 4) is 5.75 Å². The van der Waals surface area contributed by atoms with E-state index in [1.807, 2.05) is 44.4 Å². The van der Waals surface area contributed by atoms with Crippen molar-refractivity contribution in [2.45, 2.75) is 72.0 Å². The number of carbonyl (C=O) groups is 1. The van der Waals surface area contributed by atoms with Gasteiger partial charge >= 0.3 is 0 Å². The van der Waals surface area contributed by atoms with Crippen LogP contribution in [0.2, 0.25) is 0 Å². The topological polar surface area (TPSA) is 95.6 Å². The van der Waals surface area contributed by atoms with Crippen LogP contribution in [0.4, 0.5) is 5.69 Å². The summed E-state index contributed by atoms with van der Waals surface area (Å²) in [5.41, 5.74) is 12.3. The van der Waals surface area contributed by atoms with Gasteiger partial charge in [0.25, 0.3) is 5.91 Å². The molecule has 7 heteroatoms. The molecular formula is C30H39N5O2. The first-order chi connectivity index (χ1) is 17.7. The molecule has 1 aliphatic heterocycles. The number of benzene rings is 1. The molecule has 4 rings (SSSR count). The number of phenols is 1. The summed E-state index contributed by atoms with van der Waals surface area (Å²) in [6.07, 6.45) is 7.86. The lowest BCUT2D eigenvalue weighted by molar-refractivity contribution is 0.0998. The van der Waals surface area contributed by atoms with Crippen LogP contribution < -0.4 is 10.6 Å². The number of piperidine rings is 1. The second-order valence-electron chi connectivity index (χ2n) is 10.4. The van der Waals surface area contributed by atoms with E-state index < -0.39 is 5.91 Å². The number of primary amides is 1. The molecule has 1 fully saturated rings. The fraction of sp³-hybridized carbons (Fsp3) is 0.433. The molecule has 1 atom stereocenters. The first-order valence-electron chi connectivity index (χ1n) is 13.2. The monoisotopic (exact) mass is 501 g/mol. The van der Waals surface area contributed by atoms with Crippen LogP contribution in [0.15, 0.2) is 48.8 Å². The second kappa shape index (κ2) is 11.7. The number of phenolic OH excluding ortho intramolecular Hbond substituents is 1. The summed E-state index contributed by atoms with van der Waals surface area (Å²) < 4.78 is 0. The van der Waals surface area contributed by atoms with Crippen molar-refractivity contribution in [2.24, 2.45) is 5.73 Å². The average molecular weight is 502 g/mol. The van der Waals surface area contributed by atoms with Crippen molar-refractivity contribution >= 4 is 11.6 Å². The van der Waals surface area contributed by atoms with Gasteiger partial charge in [-0.15, -0.1) is 0 Å². The number of nitrogens with two attached hydrogens (primary N) is 1. The molecular weight excluding hydrogens is 462 g/mol. The van der Waals surface area contributed by atoms with E-state index in [0.717, 1.165) is 62.3 Å². The van der Waals surface area contributed by atoms with E-state index in [4.69, 9.17) is 5.73 Å². The van der Waals surface area contributed by atoms with Gasteiger partial charge in [0.2, 0.25) is 0 Å². The third-order valence-corrected chi connectivity index (χ3v) is 7.75. The molecule has 7 nitrogen and oxygen atoms in total. The summed E-state index contributed by atoms with van der Waals surface area (Å²) in [5, 5.41) is 9.82. The molecule has 0 unspecified atom stereocenters. The van der Waals surface area contributed by atoms with Crippen molar-refractivity contribution < 1.29 is 9.90 Å². The Balaban J connectivity index is 1.39. The number of aryl methyl sites for hydroxylation is 4. The maximum Gasteiger partial charge on any atom is 0.250 e. The number of amides is 1. The zero-order valence-corrected chi connectivity index (χ0v) is 22.4. The first-order valence-corrected chi connectivity index (χ1v) is 13.2. The summed E-state index contributed by atoms with van der Waals surface area (Å²) in [6, 6.07) is 12.5. The van der Waals surface area contributed by atoms with Gasteiger partial charge < -0.3 is 20.6 Å². The molecule has 1 amide bonds. The van der Waals surface area contributed by atoms with Crippen LogP contribution in [-0.4, -0.2) is 51.1 Å². The number of carbonyl (C=O) groups excluding carboxylic acids is 1. The van der Waals surface area contributed by atoms with E-state index in [1.54, 1.807) is 12.1 Å². The Hall–Kier alpha value is -3.45. The SMILES string of the molecule is Cc1ccncc1CN(c1ccc(O)cc1)C1CCN([C@H](C)CCc2cc(C)c(C(N)=O)c(C)n2)CC1. The van der Waals surface area contributed by atoms with Gasteiger partial charge in [-0.3, -0.25) is 14.8 Å². The molecule has 1 aromatic carbocycles. The molecule has 37 heavy (non-hydrogen) atoms. The molecule has 0 bridgehead atoms. The number of hydrogen-bond acceptors (Lipinski definition) is 6. The number of pyridine rings is 2. The summed E-state index contributed by atoms with van der Waals surface area (Å²) >= 11 is 0. The standard InChI is InChI=1S/C30H39N5O2/c1-20-11-14-32-18-24(20)19-35(26-7-9-28(36)10-8-26)27-12-15-34(16-13-27)22(3)5-6-25-17-21(2)29(30(31)37)23(4)33-25/h7-11,14,17-18,22,27,36H,5-6,12-13,15-16,19H2,1-4H3,(H2,31,37)/t22-/m1/s1. The smallest absolute Gasteiger partial charge is 0.250 e. The van der Waals surface area contributed by atoms with Crippen LogP contribution >= 0.6 is 0 Å². The average Bonchev–Trinajstić information content (AvgIpc) is 2.87. The van der Waals surface area contributed by atoms with E-state index in [9.17, 15) is 9.90 Å². The van der Waals surface area contributed by atoms with Gasteiger partial charge in [-0.05, 0) is 106 Å².